The minimum atomic E-state index is -0.322. The quantitative estimate of drug-likeness (QED) is 0.866. The first-order chi connectivity index (χ1) is 9.90. The van der Waals surface area contributed by atoms with Crippen molar-refractivity contribution in [2.75, 3.05) is 5.32 Å². The zero-order valence-corrected chi connectivity index (χ0v) is 13.2. The Hall–Kier alpha value is -1.84. The number of halogens is 2. The Labute approximate surface area is 133 Å². The summed E-state index contributed by atoms with van der Waals surface area (Å²) in [4.78, 5) is 16.5. The molecule has 0 bridgehead atoms. The molecule has 5 heteroatoms. The van der Waals surface area contributed by atoms with E-state index < -0.39 is 0 Å². The zero-order chi connectivity index (χ0) is 15.6. The number of carbonyl (C=O) groups is 1. The SMILES string of the molecule is C=C(C)c1c(C)ncc(C(=O)Nc2ccc(Cl)cc2)c1Cl. The summed E-state index contributed by atoms with van der Waals surface area (Å²) in [6, 6.07) is 6.84. The van der Waals surface area contributed by atoms with Crippen LogP contribution in [0, 0.1) is 6.92 Å². The van der Waals surface area contributed by atoms with E-state index in [4.69, 9.17) is 23.2 Å². The van der Waals surface area contributed by atoms with Crippen molar-refractivity contribution in [1.29, 1.82) is 0 Å². The van der Waals surface area contributed by atoms with Crippen LogP contribution in [0.3, 0.4) is 0 Å². The van der Waals surface area contributed by atoms with Gasteiger partial charge in [-0.2, -0.15) is 0 Å². The van der Waals surface area contributed by atoms with Crippen molar-refractivity contribution in [1.82, 2.24) is 4.98 Å². The van der Waals surface area contributed by atoms with Gasteiger partial charge < -0.3 is 5.32 Å². The molecule has 3 nitrogen and oxygen atoms in total. The van der Waals surface area contributed by atoms with Gasteiger partial charge in [-0.3, -0.25) is 9.78 Å². The lowest BCUT2D eigenvalue weighted by Crippen LogP contribution is -2.14. The number of aromatic nitrogens is 1. The molecule has 1 amide bonds. The molecule has 1 aromatic carbocycles. The Kier molecular flexibility index (Phi) is 4.66. The van der Waals surface area contributed by atoms with Crippen LogP contribution in [0.25, 0.3) is 5.57 Å². The van der Waals surface area contributed by atoms with E-state index in [1.165, 1.54) is 6.20 Å². The molecule has 1 heterocycles. The predicted molar refractivity (Wildman–Crippen MR) is 88.1 cm³/mol. The van der Waals surface area contributed by atoms with Gasteiger partial charge in [0, 0.05) is 28.2 Å². The van der Waals surface area contributed by atoms with Gasteiger partial charge in [-0.25, -0.2) is 0 Å². The Bertz CT molecular complexity index is 709. The first-order valence-corrected chi connectivity index (χ1v) is 7.03. The molecular formula is C16H14Cl2N2O. The van der Waals surface area contributed by atoms with Crippen LogP contribution in [0.2, 0.25) is 10.0 Å². The smallest absolute Gasteiger partial charge is 0.258 e. The first-order valence-electron chi connectivity index (χ1n) is 6.28. The van der Waals surface area contributed by atoms with Crippen LogP contribution in [0.4, 0.5) is 5.69 Å². The van der Waals surface area contributed by atoms with Gasteiger partial charge in [0.15, 0.2) is 0 Å². The van der Waals surface area contributed by atoms with Crippen molar-refractivity contribution < 1.29 is 4.79 Å². The molecule has 0 unspecified atom stereocenters. The van der Waals surface area contributed by atoms with Crippen molar-refractivity contribution in [2.24, 2.45) is 0 Å². The number of carbonyl (C=O) groups excluding carboxylic acids is 1. The fourth-order valence-corrected chi connectivity index (χ4v) is 2.52. The molecule has 0 fully saturated rings. The van der Waals surface area contributed by atoms with Crippen LogP contribution in [-0.2, 0) is 0 Å². The summed E-state index contributed by atoms with van der Waals surface area (Å²) in [6.07, 6.45) is 1.47. The number of hydrogen-bond donors (Lipinski definition) is 1. The third-order valence-corrected chi connectivity index (χ3v) is 3.62. The highest BCUT2D eigenvalue weighted by Gasteiger charge is 2.17. The summed E-state index contributed by atoms with van der Waals surface area (Å²) in [6.45, 7) is 7.53. The molecule has 2 aromatic rings. The molecule has 0 aliphatic rings. The Morgan fingerprint density at radius 3 is 2.43 bits per heavy atom. The van der Waals surface area contributed by atoms with E-state index >= 15 is 0 Å². The maximum absolute atomic E-state index is 12.3. The Morgan fingerprint density at radius 2 is 1.86 bits per heavy atom. The van der Waals surface area contributed by atoms with E-state index in [-0.39, 0.29) is 5.91 Å². The summed E-state index contributed by atoms with van der Waals surface area (Å²) < 4.78 is 0. The summed E-state index contributed by atoms with van der Waals surface area (Å²) in [5.74, 6) is -0.322. The van der Waals surface area contributed by atoms with Gasteiger partial charge in [-0.1, -0.05) is 29.8 Å². The van der Waals surface area contributed by atoms with Crippen molar-refractivity contribution in [3.8, 4) is 0 Å². The molecule has 0 aliphatic carbocycles. The van der Waals surface area contributed by atoms with Gasteiger partial charge in [0.05, 0.1) is 10.6 Å². The monoisotopic (exact) mass is 320 g/mol. The normalized spacial score (nSPS) is 10.3. The number of allylic oxidation sites excluding steroid dienone is 1. The van der Waals surface area contributed by atoms with Crippen molar-refractivity contribution in [3.05, 3.63) is 63.9 Å². The van der Waals surface area contributed by atoms with E-state index in [9.17, 15) is 4.79 Å². The largest absolute Gasteiger partial charge is 0.322 e. The summed E-state index contributed by atoms with van der Waals surface area (Å²) in [5, 5.41) is 3.73. The fourth-order valence-electron chi connectivity index (χ4n) is 1.96. The molecule has 1 aromatic heterocycles. The van der Waals surface area contributed by atoms with Crippen LogP contribution >= 0.6 is 23.2 Å². The molecule has 0 saturated carbocycles. The van der Waals surface area contributed by atoms with Crippen LogP contribution in [0.1, 0.15) is 28.5 Å². The number of benzene rings is 1. The number of nitrogens with one attached hydrogen (secondary N) is 1. The number of amides is 1. The average molecular weight is 321 g/mol. The highest BCUT2D eigenvalue weighted by atomic mass is 35.5. The standard InChI is InChI=1S/C16H14Cl2N2O/c1-9(2)14-10(3)19-8-13(15(14)18)16(21)20-12-6-4-11(17)5-7-12/h4-8H,1H2,2-3H3,(H,20,21). The van der Waals surface area contributed by atoms with Crippen molar-refractivity contribution >= 4 is 40.4 Å². The lowest BCUT2D eigenvalue weighted by Gasteiger charge is -2.12. The van der Waals surface area contributed by atoms with E-state index in [1.807, 2.05) is 13.8 Å². The van der Waals surface area contributed by atoms with Gasteiger partial charge >= 0.3 is 0 Å². The number of pyridine rings is 1. The van der Waals surface area contributed by atoms with Crippen LogP contribution < -0.4 is 5.32 Å². The van der Waals surface area contributed by atoms with E-state index in [0.717, 1.165) is 11.3 Å². The molecule has 21 heavy (non-hydrogen) atoms. The topological polar surface area (TPSA) is 42.0 Å². The van der Waals surface area contributed by atoms with Gasteiger partial charge in [-0.05, 0) is 43.7 Å². The molecular weight excluding hydrogens is 307 g/mol. The van der Waals surface area contributed by atoms with E-state index in [1.54, 1.807) is 24.3 Å². The molecule has 0 saturated heterocycles. The first kappa shape index (κ1) is 15.5. The minimum absolute atomic E-state index is 0.315. The summed E-state index contributed by atoms with van der Waals surface area (Å²) in [7, 11) is 0. The van der Waals surface area contributed by atoms with Crippen LogP contribution in [-0.4, -0.2) is 10.9 Å². The van der Waals surface area contributed by atoms with E-state index in [2.05, 4.69) is 16.9 Å². The zero-order valence-electron chi connectivity index (χ0n) is 11.7. The van der Waals surface area contributed by atoms with Crippen LogP contribution in [0.5, 0.6) is 0 Å². The molecule has 0 radical (unpaired) electrons. The third kappa shape index (κ3) is 3.43. The Balaban J connectivity index is 2.33. The second kappa shape index (κ2) is 6.29. The fraction of sp³-hybridized carbons (Fsp3) is 0.125. The van der Waals surface area contributed by atoms with Gasteiger partial charge in [-0.15, -0.1) is 0 Å². The number of nitrogens with zero attached hydrogens (tertiary/aromatic N) is 1. The van der Waals surface area contributed by atoms with Gasteiger partial charge in [0.2, 0.25) is 0 Å². The van der Waals surface area contributed by atoms with Crippen LogP contribution in [0.15, 0.2) is 37.0 Å². The minimum Gasteiger partial charge on any atom is -0.322 e. The predicted octanol–water partition coefficient (Wildman–Crippen LogP) is 4.98. The maximum atomic E-state index is 12.3. The van der Waals surface area contributed by atoms with Crippen molar-refractivity contribution in [3.63, 3.8) is 0 Å². The van der Waals surface area contributed by atoms with Gasteiger partial charge in [0.1, 0.15) is 0 Å². The van der Waals surface area contributed by atoms with E-state index in [0.29, 0.717) is 26.9 Å². The molecule has 1 N–H and O–H groups in total. The lowest BCUT2D eigenvalue weighted by molar-refractivity contribution is 0.102. The number of rotatable bonds is 3. The Morgan fingerprint density at radius 1 is 1.24 bits per heavy atom. The third-order valence-electron chi connectivity index (χ3n) is 2.98. The maximum Gasteiger partial charge on any atom is 0.258 e. The number of anilines is 1. The lowest BCUT2D eigenvalue weighted by atomic mass is 10.0. The second-order valence-electron chi connectivity index (χ2n) is 4.69. The van der Waals surface area contributed by atoms with Crippen molar-refractivity contribution in [2.45, 2.75) is 13.8 Å². The summed E-state index contributed by atoms with van der Waals surface area (Å²) in [5.41, 5.74) is 3.18. The molecule has 0 aliphatic heterocycles. The van der Waals surface area contributed by atoms with Gasteiger partial charge in [0.25, 0.3) is 5.91 Å². The summed E-state index contributed by atoms with van der Waals surface area (Å²) >= 11 is 12.1. The highest BCUT2D eigenvalue weighted by molar-refractivity contribution is 6.36. The number of aryl methyl sites for hydroxylation is 1. The molecule has 0 atom stereocenters. The average Bonchev–Trinajstić information content (AvgIpc) is 2.41. The molecule has 2 rings (SSSR count). The molecule has 0 spiro atoms. The second-order valence-corrected chi connectivity index (χ2v) is 5.50. The molecule has 108 valence electrons. The highest BCUT2D eigenvalue weighted by Crippen LogP contribution is 2.28. The number of hydrogen-bond acceptors (Lipinski definition) is 2.